The van der Waals surface area contributed by atoms with Crippen LogP contribution in [0.25, 0.3) is 11.0 Å². The molecule has 5 nitrogen and oxygen atoms in total. The first-order valence-electron chi connectivity index (χ1n) is 8.79. The van der Waals surface area contributed by atoms with Crippen LogP contribution in [-0.2, 0) is 11.3 Å². The molecule has 1 heterocycles. The monoisotopic (exact) mass is 459 g/mol. The summed E-state index contributed by atoms with van der Waals surface area (Å²) in [6.07, 6.45) is 0.560. The van der Waals surface area contributed by atoms with Crippen molar-refractivity contribution in [2.45, 2.75) is 45.6 Å². The number of hydrogen-bond donors (Lipinski definition) is 0. The summed E-state index contributed by atoms with van der Waals surface area (Å²) in [5.74, 6) is 0.934. The van der Waals surface area contributed by atoms with E-state index in [0.717, 1.165) is 40.3 Å². The second-order valence-corrected chi connectivity index (χ2v) is 14.6. The molecule has 0 radical (unpaired) electrons. The van der Waals surface area contributed by atoms with Crippen molar-refractivity contribution in [1.82, 2.24) is 14.5 Å². The molecule has 0 aliphatic heterocycles. The second-order valence-electron chi connectivity index (χ2n) is 7.74. The molecule has 1 amide bonds. The van der Waals surface area contributed by atoms with E-state index in [-0.39, 0.29) is 6.09 Å². The van der Waals surface area contributed by atoms with Gasteiger partial charge in [-0.05, 0) is 47.5 Å². The number of rotatable bonds is 7. The molecule has 0 aliphatic rings. The first kappa shape index (κ1) is 21.2. The van der Waals surface area contributed by atoms with Crippen LogP contribution in [0.5, 0.6) is 0 Å². The summed E-state index contributed by atoms with van der Waals surface area (Å²) in [4.78, 5) is 18.3. The fourth-order valence-electron chi connectivity index (χ4n) is 2.66. The van der Waals surface area contributed by atoms with Crippen molar-refractivity contribution < 1.29 is 9.53 Å². The van der Waals surface area contributed by atoms with Gasteiger partial charge in [0.1, 0.15) is 5.82 Å². The van der Waals surface area contributed by atoms with E-state index < -0.39 is 8.07 Å². The molecule has 8 heteroatoms. The van der Waals surface area contributed by atoms with Crippen molar-refractivity contribution in [2.75, 3.05) is 20.2 Å². The summed E-state index contributed by atoms with van der Waals surface area (Å²) in [5.41, 5.74) is 1.91. The van der Waals surface area contributed by atoms with E-state index in [1.165, 1.54) is 0 Å². The maximum absolute atomic E-state index is 12.1. The molecule has 1 aromatic heterocycles. The fraction of sp³-hybridized carbons (Fsp3) is 0.556. The highest BCUT2D eigenvalue weighted by atomic mass is 79.9. The van der Waals surface area contributed by atoms with Gasteiger partial charge in [0.2, 0.25) is 0 Å². The van der Waals surface area contributed by atoms with Crippen molar-refractivity contribution in [3.8, 4) is 0 Å². The number of benzene rings is 1. The molecule has 144 valence electrons. The standard InChI is InChI=1S/C18H27BrClN3O2Si/c1-13-21-15-8-7-14(20)16(19)17(15)23(13)10-6-9-22(2)18(24)25-11-12-26(3,4)5/h7-8H,6,9-12H2,1-5H3. The van der Waals surface area contributed by atoms with Gasteiger partial charge >= 0.3 is 6.09 Å². The van der Waals surface area contributed by atoms with Gasteiger partial charge in [0.05, 0.1) is 27.1 Å². The largest absolute Gasteiger partial charge is 0.450 e. The average Bonchev–Trinajstić information content (AvgIpc) is 2.86. The third kappa shape index (κ3) is 5.47. The highest BCUT2D eigenvalue weighted by molar-refractivity contribution is 9.10. The van der Waals surface area contributed by atoms with E-state index >= 15 is 0 Å². The molecule has 0 saturated carbocycles. The van der Waals surface area contributed by atoms with E-state index in [1.807, 2.05) is 19.1 Å². The topological polar surface area (TPSA) is 47.4 Å². The van der Waals surface area contributed by atoms with Crippen LogP contribution in [0.4, 0.5) is 4.79 Å². The third-order valence-electron chi connectivity index (χ3n) is 4.26. The van der Waals surface area contributed by atoms with Crippen LogP contribution in [0.3, 0.4) is 0 Å². The molecule has 0 bridgehead atoms. The molecular formula is C18H27BrClN3O2Si. The molecule has 0 spiro atoms. The van der Waals surface area contributed by atoms with Crippen LogP contribution in [-0.4, -0.2) is 48.8 Å². The van der Waals surface area contributed by atoms with Crippen molar-refractivity contribution in [1.29, 1.82) is 0 Å². The van der Waals surface area contributed by atoms with Crippen LogP contribution in [0.15, 0.2) is 16.6 Å². The number of amides is 1. The smallest absolute Gasteiger partial charge is 0.409 e. The highest BCUT2D eigenvalue weighted by Crippen LogP contribution is 2.31. The number of aromatic nitrogens is 2. The minimum absolute atomic E-state index is 0.250. The zero-order valence-electron chi connectivity index (χ0n) is 16.1. The molecule has 2 aromatic rings. The first-order chi connectivity index (χ1) is 12.1. The summed E-state index contributed by atoms with van der Waals surface area (Å²) in [5, 5.41) is 0.668. The van der Waals surface area contributed by atoms with Crippen LogP contribution >= 0.6 is 27.5 Å². The van der Waals surface area contributed by atoms with Gasteiger partial charge in [0, 0.05) is 28.2 Å². The van der Waals surface area contributed by atoms with Gasteiger partial charge in [0.25, 0.3) is 0 Å². The molecule has 0 saturated heterocycles. The van der Waals surface area contributed by atoms with Crippen molar-refractivity contribution in [3.63, 3.8) is 0 Å². The number of fused-ring (bicyclic) bond motifs is 1. The molecule has 0 fully saturated rings. The molecule has 0 atom stereocenters. The molecule has 2 rings (SSSR count). The Kier molecular flexibility index (Phi) is 7.16. The lowest BCUT2D eigenvalue weighted by Gasteiger charge is -2.20. The van der Waals surface area contributed by atoms with Crippen molar-refractivity contribution >= 4 is 52.7 Å². The molecular weight excluding hydrogens is 434 g/mol. The van der Waals surface area contributed by atoms with E-state index in [1.54, 1.807) is 11.9 Å². The molecule has 26 heavy (non-hydrogen) atoms. The van der Waals surface area contributed by atoms with Gasteiger partial charge < -0.3 is 14.2 Å². The Hall–Kier alpha value is -1.05. The third-order valence-corrected chi connectivity index (χ3v) is 7.31. The van der Waals surface area contributed by atoms with Crippen LogP contribution in [0, 0.1) is 6.92 Å². The quantitative estimate of drug-likeness (QED) is 0.508. The Morgan fingerprint density at radius 1 is 1.38 bits per heavy atom. The van der Waals surface area contributed by atoms with Crippen molar-refractivity contribution in [2.24, 2.45) is 0 Å². The number of ether oxygens (including phenoxy) is 1. The highest BCUT2D eigenvalue weighted by Gasteiger charge is 2.16. The van der Waals surface area contributed by atoms with Gasteiger partial charge in [0.15, 0.2) is 0 Å². The van der Waals surface area contributed by atoms with Crippen LogP contribution < -0.4 is 0 Å². The first-order valence-corrected chi connectivity index (χ1v) is 13.7. The maximum Gasteiger partial charge on any atom is 0.409 e. The Bertz CT molecular complexity index is 789. The Balaban J connectivity index is 1.91. The van der Waals surface area contributed by atoms with Crippen LogP contribution in [0.1, 0.15) is 12.2 Å². The number of aryl methyl sites for hydroxylation is 2. The van der Waals surface area contributed by atoms with E-state index in [0.29, 0.717) is 18.2 Å². The number of hydrogen-bond acceptors (Lipinski definition) is 3. The van der Waals surface area contributed by atoms with Crippen molar-refractivity contribution in [3.05, 3.63) is 27.5 Å². The fourth-order valence-corrected chi connectivity index (χ4v) is 4.08. The number of carbonyl (C=O) groups excluding carboxylic acids is 1. The number of halogens is 2. The zero-order chi connectivity index (χ0) is 19.5. The molecule has 0 N–H and O–H groups in total. The van der Waals surface area contributed by atoms with Gasteiger partial charge in [-0.2, -0.15) is 0 Å². The lowest BCUT2D eigenvalue weighted by atomic mass is 10.3. The SMILES string of the molecule is Cc1nc2ccc(Cl)c(Br)c2n1CCCN(C)C(=O)OCC[Si](C)(C)C. The van der Waals surface area contributed by atoms with Crippen LogP contribution in [0.2, 0.25) is 30.7 Å². The van der Waals surface area contributed by atoms with Gasteiger partial charge in [-0.25, -0.2) is 9.78 Å². The molecule has 1 aromatic carbocycles. The Morgan fingerprint density at radius 3 is 2.73 bits per heavy atom. The maximum atomic E-state index is 12.1. The lowest BCUT2D eigenvalue weighted by molar-refractivity contribution is 0.115. The normalized spacial score (nSPS) is 11.8. The zero-order valence-corrected chi connectivity index (χ0v) is 19.4. The minimum Gasteiger partial charge on any atom is -0.450 e. The summed E-state index contributed by atoms with van der Waals surface area (Å²) in [7, 11) is 0.596. The predicted octanol–water partition coefficient (Wildman–Crippen LogP) is 5.56. The predicted molar refractivity (Wildman–Crippen MR) is 114 cm³/mol. The van der Waals surface area contributed by atoms with E-state index in [9.17, 15) is 4.79 Å². The number of carbonyl (C=O) groups is 1. The molecule has 0 aliphatic carbocycles. The van der Waals surface area contributed by atoms with Gasteiger partial charge in [-0.15, -0.1) is 0 Å². The van der Waals surface area contributed by atoms with Gasteiger partial charge in [-0.1, -0.05) is 31.2 Å². The summed E-state index contributed by atoms with van der Waals surface area (Å²) < 4.78 is 8.37. The second kappa shape index (κ2) is 8.76. The Labute approximate surface area is 169 Å². The van der Waals surface area contributed by atoms with E-state index in [4.69, 9.17) is 16.3 Å². The summed E-state index contributed by atoms with van der Waals surface area (Å²) in [6.45, 7) is 10.7. The van der Waals surface area contributed by atoms with E-state index in [2.05, 4.69) is 45.1 Å². The lowest BCUT2D eigenvalue weighted by Crippen LogP contribution is -2.31. The van der Waals surface area contributed by atoms with Gasteiger partial charge in [-0.3, -0.25) is 0 Å². The summed E-state index contributed by atoms with van der Waals surface area (Å²) >= 11 is 9.78. The number of nitrogens with zero attached hydrogens (tertiary/aromatic N) is 3. The Morgan fingerprint density at radius 2 is 2.08 bits per heavy atom. The minimum atomic E-state index is -1.18. The summed E-state index contributed by atoms with van der Waals surface area (Å²) in [6, 6.07) is 4.75. The average molecular weight is 461 g/mol. The number of imidazole rings is 1. The molecule has 0 unspecified atom stereocenters.